The van der Waals surface area contributed by atoms with Gasteiger partial charge in [0, 0.05) is 17.1 Å². The van der Waals surface area contributed by atoms with E-state index in [1.54, 1.807) is 12.3 Å². The second-order valence-corrected chi connectivity index (χ2v) is 3.21. The molecule has 2 rings (SSSR count). The van der Waals surface area contributed by atoms with Gasteiger partial charge in [-0.2, -0.15) is 13.2 Å². The Balaban J connectivity index is 2.63. The SMILES string of the molecule is C=Cc1c[nH]c2cc(C(F)(F)F)ccc12. The highest BCUT2D eigenvalue weighted by Crippen LogP contribution is 2.32. The van der Waals surface area contributed by atoms with Crippen molar-refractivity contribution in [3.8, 4) is 0 Å². The molecule has 0 aliphatic rings. The van der Waals surface area contributed by atoms with E-state index in [1.165, 1.54) is 6.07 Å². The first kappa shape index (κ1) is 9.83. The highest BCUT2D eigenvalue weighted by molar-refractivity contribution is 5.89. The summed E-state index contributed by atoms with van der Waals surface area (Å²) >= 11 is 0. The van der Waals surface area contributed by atoms with Crippen LogP contribution in [0.5, 0.6) is 0 Å². The van der Waals surface area contributed by atoms with Crippen molar-refractivity contribution >= 4 is 17.0 Å². The predicted octanol–water partition coefficient (Wildman–Crippen LogP) is 3.83. The van der Waals surface area contributed by atoms with Crippen LogP contribution in [0.15, 0.2) is 31.0 Å². The van der Waals surface area contributed by atoms with Crippen molar-refractivity contribution in [1.82, 2.24) is 4.98 Å². The zero-order valence-corrected chi connectivity index (χ0v) is 7.73. The van der Waals surface area contributed by atoms with E-state index in [4.69, 9.17) is 0 Å². The topological polar surface area (TPSA) is 15.8 Å². The Hall–Kier alpha value is -1.71. The summed E-state index contributed by atoms with van der Waals surface area (Å²) in [5.41, 5.74) is 0.630. The average molecular weight is 211 g/mol. The van der Waals surface area contributed by atoms with E-state index >= 15 is 0 Å². The summed E-state index contributed by atoms with van der Waals surface area (Å²) in [5, 5.41) is 0.748. The molecule has 1 heterocycles. The molecule has 0 aliphatic carbocycles. The Kier molecular flexibility index (Phi) is 2.07. The van der Waals surface area contributed by atoms with Crippen LogP contribution in [0, 0.1) is 0 Å². The van der Waals surface area contributed by atoms with Crippen LogP contribution in [-0.2, 0) is 6.18 Å². The average Bonchev–Trinajstić information content (AvgIpc) is 2.58. The summed E-state index contributed by atoms with van der Waals surface area (Å²) in [7, 11) is 0. The minimum Gasteiger partial charge on any atom is -0.361 e. The lowest BCUT2D eigenvalue weighted by molar-refractivity contribution is -0.137. The summed E-state index contributed by atoms with van der Waals surface area (Å²) in [5.74, 6) is 0. The Morgan fingerprint density at radius 3 is 2.60 bits per heavy atom. The summed E-state index contributed by atoms with van der Waals surface area (Å²) in [6.07, 6.45) is -1.06. The van der Waals surface area contributed by atoms with Crippen LogP contribution in [0.3, 0.4) is 0 Å². The van der Waals surface area contributed by atoms with E-state index in [2.05, 4.69) is 11.6 Å². The number of hydrogen-bond donors (Lipinski definition) is 1. The van der Waals surface area contributed by atoms with Gasteiger partial charge in [-0.25, -0.2) is 0 Å². The first-order valence-electron chi connectivity index (χ1n) is 4.33. The van der Waals surface area contributed by atoms with Gasteiger partial charge in [-0.05, 0) is 17.7 Å². The number of hydrogen-bond acceptors (Lipinski definition) is 0. The molecule has 0 atom stereocenters. The molecule has 0 radical (unpaired) electrons. The third-order valence-corrected chi connectivity index (χ3v) is 2.26. The van der Waals surface area contributed by atoms with Crippen molar-refractivity contribution in [2.24, 2.45) is 0 Å². The lowest BCUT2D eigenvalue weighted by Crippen LogP contribution is -2.04. The molecular weight excluding hydrogens is 203 g/mol. The number of alkyl halides is 3. The quantitative estimate of drug-likeness (QED) is 0.737. The molecule has 0 fully saturated rings. The van der Waals surface area contributed by atoms with E-state index in [0.29, 0.717) is 5.52 Å². The second-order valence-electron chi connectivity index (χ2n) is 3.21. The maximum absolute atomic E-state index is 12.4. The van der Waals surface area contributed by atoms with Crippen LogP contribution in [0.4, 0.5) is 13.2 Å². The fourth-order valence-electron chi connectivity index (χ4n) is 1.49. The molecule has 0 amide bonds. The smallest absolute Gasteiger partial charge is 0.361 e. The number of nitrogens with one attached hydrogen (secondary N) is 1. The summed E-state index contributed by atoms with van der Waals surface area (Å²) in [6.45, 7) is 3.58. The molecule has 1 nitrogen and oxygen atoms in total. The van der Waals surface area contributed by atoms with Crippen LogP contribution in [0.25, 0.3) is 17.0 Å². The molecule has 15 heavy (non-hydrogen) atoms. The zero-order valence-electron chi connectivity index (χ0n) is 7.73. The Bertz CT molecular complexity index is 508. The van der Waals surface area contributed by atoms with Gasteiger partial charge >= 0.3 is 6.18 Å². The molecule has 4 heteroatoms. The van der Waals surface area contributed by atoms with E-state index in [-0.39, 0.29) is 0 Å². The summed E-state index contributed by atoms with van der Waals surface area (Å²) < 4.78 is 37.1. The van der Waals surface area contributed by atoms with E-state index in [0.717, 1.165) is 23.1 Å². The lowest BCUT2D eigenvalue weighted by atomic mass is 10.1. The van der Waals surface area contributed by atoms with Gasteiger partial charge < -0.3 is 4.98 Å². The second kappa shape index (κ2) is 3.15. The molecule has 0 saturated carbocycles. The Morgan fingerprint density at radius 1 is 1.27 bits per heavy atom. The normalized spacial score (nSPS) is 11.9. The third-order valence-electron chi connectivity index (χ3n) is 2.26. The number of rotatable bonds is 1. The monoisotopic (exact) mass is 211 g/mol. The van der Waals surface area contributed by atoms with Crippen molar-refractivity contribution in [2.75, 3.05) is 0 Å². The van der Waals surface area contributed by atoms with Crippen LogP contribution >= 0.6 is 0 Å². The van der Waals surface area contributed by atoms with Crippen molar-refractivity contribution in [3.05, 3.63) is 42.1 Å². The Labute approximate surface area is 84.2 Å². The largest absolute Gasteiger partial charge is 0.416 e. The molecular formula is C11H8F3N. The molecule has 0 spiro atoms. The molecule has 1 aromatic heterocycles. The molecule has 2 aromatic rings. The minimum atomic E-state index is -4.30. The molecule has 1 N–H and O–H groups in total. The molecule has 78 valence electrons. The summed E-state index contributed by atoms with van der Waals surface area (Å²) in [6, 6.07) is 3.62. The first-order valence-corrected chi connectivity index (χ1v) is 4.33. The minimum absolute atomic E-state index is 0.472. The number of aromatic amines is 1. The first-order chi connectivity index (χ1) is 7.02. The lowest BCUT2D eigenvalue weighted by Gasteiger charge is -2.05. The van der Waals surface area contributed by atoms with Crippen LogP contribution in [-0.4, -0.2) is 4.98 Å². The molecule has 0 unspecified atom stereocenters. The van der Waals surface area contributed by atoms with E-state index < -0.39 is 11.7 Å². The van der Waals surface area contributed by atoms with Crippen LogP contribution in [0.2, 0.25) is 0 Å². The van der Waals surface area contributed by atoms with Crippen molar-refractivity contribution in [1.29, 1.82) is 0 Å². The number of fused-ring (bicyclic) bond motifs is 1. The fourth-order valence-corrected chi connectivity index (χ4v) is 1.49. The number of aromatic nitrogens is 1. The van der Waals surface area contributed by atoms with Crippen LogP contribution < -0.4 is 0 Å². The molecule has 0 aliphatic heterocycles. The zero-order chi connectivity index (χ0) is 11.1. The third kappa shape index (κ3) is 1.63. The summed E-state index contributed by atoms with van der Waals surface area (Å²) in [4.78, 5) is 2.78. The number of H-pyrrole nitrogens is 1. The fraction of sp³-hybridized carbons (Fsp3) is 0.0909. The van der Waals surface area contributed by atoms with Gasteiger partial charge in [0.2, 0.25) is 0 Å². The van der Waals surface area contributed by atoms with Gasteiger partial charge in [0.05, 0.1) is 5.56 Å². The highest BCUT2D eigenvalue weighted by Gasteiger charge is 2.30. The van der Waals surface area contributed by atoms with Gasteiger partial charge in [0.15, 0.2) is 0 Å². The predicted molar refractivity (Wildman–Crippen MR) is 53.4 cm³/mol. The molecule has 0 saturated heterocycles. The van der Waals surface area contributed by atoms with Gasteiger partial charge in [-0.1, -0.05) is 18.7 Å². The Morgan fingerprint density at radius 2 is 2.00 bits per heavy atom. The van der Waals surface area contributed by atoms with E-state index in [9.17, 15) is 13.2 Å². The van der Waals surface area contributed by atoms with Gasteiger partial charge in [-0.15, -0.1) is 0 Å². The van der Waals surface area contributed by atoms with Gasteiger partial charge in [-0.3, -0.25) is 0 Å². The molecule has 0 bridgehead atoms. The van der Waals surface area contributed by atoms with Crippen molar-refractivity contribution in [2.45, 2.75) is 6.18 Å². The van der Waals surface area contributed by atoms with Crippen molar-refractivity contribution < 1.29 is 13.2 Å². The van der Waals surface area contributed by atoms with E-state index in [1.807, 2.05) is 0 Å². The van der Waals surface area contributed by atoms with Gasteiger partial charge in [0.1, 0.15) is 0 Å². The molecule has 1 aromatic carbocycles. The number of halogens is 3. The maximum Gasteiger partial charge on any atom is 0.416 e. The maximum atomic E-state index is 12.4. The standard InChI is InChI=1S/C11H8F3N/c1-2-7-6-15-10-5-8(11(12,13)14)3-4-9(7)10/h2-6,15H,1H2. The highest BCUT2D eigenvalue weighted by atomic mass is 19.4. The number of benzene rings is 1. The van der Waals surface area contributed by atoms with Gasteiger partial charge in [0.25, 0.3) is 0 Å². The van der Waals surface area contributed by atoms with Crippen molar-refractivity contribution in [3.63, 3.8) is 0 Å². The van der Waals surface area contributed by atoms with Crippen LogP contribution in [0.1, 0.15) is 11.1 Å².